The molecule has 0 aliphatic carbocycles. The lowest BCUT2D eigenvalue weighted by Crippen LogP contribution is -2.23. The highest BCUT2D eigenvalue weighted by molar-refractivity contribution is 6.35. The first-order valence-electron chi connectivity index (χ1n) is 5.06. The van der Waals surface area contributed by atoms with Crippen molar-refractivity contribution in [3.05, 3.63) is 41.0 Å². The lowest BCUT2D eigenvalue weighted by molar-refractivity contribution is 0.0951. The van der Waals surface area contributed by atoms with Gasteiger partial charge in [-0.15, -0.1) is 0 Å². The first-order valence-corrected chi connectivity index (χ1v) is 5.43. The average Bonchev–Trinajstić information content (AvgIpc) is 2.29. The standard InChI is InChI=1S/C12H11ClN2O/c1-2-14-12(16)11-7-9(13)8-5-3-4-6-10(8)15-11/h3-7H,2H2,1H3,(H,14,16). The second-order valence-corrected chi connectivity index (χ2v) is 3.77. The maximum Gasteiger partial charge on any atom is 0.269 e. The summed E-state index contributed by atoms with van der Waals surface area (Å²) in [6, 6.07) is 9.07. The molecule has 0 atom stereocenters. The molecule has 0 bridgehead atoms. The highest BCUT2D eigenvalue weighted by atomic mass is 35.5. The van der Waals surface area contributed by atoms with Crippen molar-refractivity contribution in [2.75, 3.05) is 6.54 Å². The molecule has 0 unspecified atom stereocenters. The van der Waals surface area contributed by atoms with Crippen molar-refractivity contribution in [1.82, 2.24) is 10.3 Å². The molecule has 0 radical (unpaired) electrons. The molecule has 16 heavy (non-hydrogen) atoms. The van der Waals surface area contributed by atoms with Crippen LogP contribution in [0.25, 0.3) is 10.9 Å². The van der Waals surface area contributed by atoms with Gasteiger partial charge in [-0.1, -0.05) is 29.8 Å². The number of carbonyl (C=O) groups is 1. The molecule has 4 heteroatoms. The van der Waals surface area contributed by atoms with Crippen LogP contribution in [0.15, 0.2) is 30.3 Å². The third-order valence-electron chi connectivity index (χ3n) is 2.24. The fourth-order valence-corrected chi connectivity index (χ4v) is 1.76. The van der Waals surface area contributed by atoms with Gasteiger partial charge in [0.25, 0.3) is 5.91 Å². The van der Waals surface area contributed by atoms with E-state index in [4.69, 9.17) is 11.6 Å². The summed E-state index contributed by atoms with van der Waals surface area (Å²) >= 11 is 6.09. The molecule has 1 aromatic heterocycles. The number of hydrogen-bond donors (Lipinski definition) is 1. The summed E-state index contributed by atoms with van der Waals surface area (Å²) in [7, 11) is 0. The topological polar surface area (TPSA) is 42.0 Å². The van der Waals surface area contributed by atoms with Crippen LogP contribution in [0, 0.1) is 0 Å². The van der Waals surface area contributed by atoms with Gasteiger partial charge in [-0.2, -0.15) is 0 Å². The van der Waals surface area contributed by atoms with Gasteiger partial charge in [0.15, 0.2) is 0 Å². The second kappa shape index (κ2) is 4.49. The van der Waals surface area contributed by atoms with E-state index in [2.05, 4.69) is 10.3 Å². The zero-order valence-corrected chi connectivity index (χ0v) is 9.58. The number of fused-ring (bicyclic) bond motifs is 1. The fourth-order valence-electron chi connectivity index (χ4n) is 1.50. The minimum atomic E-state index is -0.199. The molecular weight excluding hydrogens is 224 g/mol. The van der Waals surface area contributed by atoms with Gasteiger partial charge >= 0.3 is 0 Å². The lowest BCUT2D eigenvalue weighted by atomic mass is 10.2. The molecule has 82 valence electrons. The number of halogens is 1. The normalized spacial score (nSPS) is 10.4. The van der Waals surface area contributed by atoms with Crippen LogP contribution in [0.3, 0.4) is 0 Å². The van der Waals surface area contributed by atoms with E-state index in [9.17, 15) is 4.79 Å². The van der Waals surface area contributed by atoms with Crippen LogP contribution in [0.4, 0.5) is 0 Å². The van der Waals surface area contributed by atoms with Gasteiger partial charge in [0.05, 0.1) is 10.5 Å². The Bertz CT molecular complexity index is 540. The quantitative estimate of drug-likeness (QED) is 0.868. The Labute approximate surface area is 98.4 Å². The van der Waals surface area contributed by atoms with Crippen molar-refractivity contribution in [3.63, 3.8) is 0 Å². The maximum atomic E-state index is 11.6. The van der Waals surface area contributed by atoms with Crippen LogP contribution in [-0.2, 0) is 0 Å². The zero-order valence-electron chi connectivity index (χ0n) is 8.83. The van der Waals surface area contributed by atoms with Crippen LogP contribution in [0.2, 0.25) is 5.02 Å². The van der Waals surface area contributed by atoms with Gasteiger partial charge in [0.2, 0.25) is 0 Å². The number of carbonyl (C=O) groups excluding carboxylic acids is 1. The van der Waals surface area contributed by atoms with Gasteiger partial charge in [-0.25, -0.2) is 4.98 Å². The molecule has 2 rings (SSSR count). The number of rotatable bonds is 2. The van der Waals surface area contributed by atoms with Crippen molar-refractivity contribution in [1.29, 1.82) is 0 Å². The molecule has 0 spiro atoms. The minimum Gasteiger partial charge on any atom is -0.351 e. The molecule has 2 aromatic rings. The number of para-hydroxylation sites is 1. The SMILES string of the molecule is CCNC(=O)c1cc(Cl)c2ccccc2n1. The maximum absolute atomic E-state index is 11.6. The number of hydrogen-bond acceptors (Lipinski definition) is 2. The fraction of sp³-hybridized carbons (Fsp3) is 0.167. The van der Waals surface area contributed by atoms with Gasteiger partial charge < -0.3 is 5.32 Å². The summed E-state index contributed by atoms with van der Waals surface area (Å²) in [4.78, 5) is 15.9. The Balaban J connectivity index is 2.53. The molecule has 0 aliphatic heterocycles. The van der Waals surface area contributed by atoms with Crippen molar-refractivity contribution >= 4 is 28.4 Å². The summed E-state index contributed by atoms with van der Waals surface area (Å²) in [5, 5.41) is 4.10. The first-order chi connectivity index (χ1) is 7.72. The van der Waals surface area contributed by atoms with Gasteiger partial charge in [0, 0.05) is 11.9 Å². The Morgan fingerprint density at radius 3 is 2.94 bits per heavy atom. The number of aromatic nitrogens is 1. The number of benzene rings is 1. The molecular formula is C12H11ClN2O. The molecule has 1 aromatic carbocycles. The average molecular weight is 235 g/mol. The van der Waals surface area contributed by atoms with Gasteiger partial charge in [-0.05, 0) is 19.1 Å². The van der Waals surface area contributed by atoms with Crippen LogP contribution < -0.4 is 5.32 Å². The summed E-state index contributed by atoms with van der Waals surface area (Å²) in [5.74, 6) is -0.199. The van der Waals surface area contributed by atoms with E-state index in [1.807, 2.05) is 31.2 Å². The summed E-state index contributed by atoms with van der Waals surface area (Å²) in [6.07, 6.45) is 0. The van der Waals surface area contributed by atoms with E-state index in [0.717, 1.165) is 10.9 Å². The highest BCUT2D eigenvalue weighted by Crippen LogP contribution is 2.22. The molecule has 0 fully saturated rings. The van der Waals surface area contributed by atoms with E-state index in [-0.39, 0.29) is 5.91 Å². The van der Waals surface area contributed by atoms with E-state index in [1.54, 1.807) is 6.07 Å². The van der Waals surface area contributed by atoms with Crippen molar-refractivity contribution in [2.24, 2.45) is 0 Å². The number of nitrogens with zero attached hydrogens (tertiary/aromatic N) is 1. The van der Waals surface area contributed by atoms with Crippen molar-refractivity contribution < 1.29 is 4.79 Å². The van der Waals surface area contributed by atoms with Crippen LogP contribution in [-0.4, -0.2) is 17.4 Å². The van der Waals surface area contributed by atoms with Crippen LogP contribution >= 0.6 is 11.6 Å². The van der Waals surface area contributed by atoms with E-state index >= 15 is 0 Å². The predicted octanol–water partition coefficient (Wildman–Crippen LogP) is 2.64. The monoisotopic (exact) mass is 234 g/mol. The van der Waals surface area contributed by atoms with Gasteiger partial charge in [0.1, 0.15) is 5.69 Å². The van der Waals surface area contributed by atoms with Crippen LogP contribution in [0.5, 0.6) is 0 Å². The van der Waals surface area contributed by atoms with E-state index in [1.165, 1.54) is 0 Å². The van der Waals surface area contributed by atoms with Crippen molar-refractivity contribution in [3.8, 4) is 0 Å². The molecule has 0 aliphatic rings. The first kappa shape index (κ1) is 10.9. The predicted molar refractivity (Wildman–Crippen MR) is 64.8 cm³/mol. The lowest BCUT2D eigenvalue weighted by Gasteiger charge is -2.04. The Hall–Kier alpha value is -1.61. The smallest absolute Gasteiger partial charge is 0.269 e. The summed E-state index contributed by atoms with van der Waals surface area (Å²) in [6.45, 7) is 2.44. The number of nitrogens with one attached hydrogen (secondary N) is 1. The number of pyridine rings is 1. The van der Waals surface area contributed by atoms with E-state index in [0.29, 0.717) is 17.3 Å². The summed E-state index contributed by atoms with van der Waals surface area (Å²) in [5.41, 5.74) is 1.09. The zero-order chi connectivity index (χ0) is 11.5. The van der Waals surface area contributed by atoms with Crippen LogP contribution in [0.1, 0.15) is 17.4 Å². The second-order valence-electron chi connectivity index (χ2n) is 3.37. The Morgan fingerprint density at radius 2 is 2.19 bits per heavy atom. The van der Waals surface area contributed by atoms with E-state index < -0.39 is 0 Å². The molecule has 3 nitrogen and oxygen atoms in total. The third-order valence-corrected chi connectivity index (χ3v) is 2.55. The highest BCUT2D eigenvalue weighted by Gasteiger charge is 2.09. The number of amides is 1. The molecule has 0 saturated heterocycles. The Morgan fingerprint density at radius 1 is 1.44 bits per heavy atom. The molecule has 1 N–H and O–H groups in total. The van der Waals surface area contributed by atoms with Gasteiger partial charge in [-0.3, -0.25) is 4.79 Å². The molecule has 1 heterocycles. The minimum absolute atomic E-state index is 0.199. The largest absolute Gasteiger partial charge is 0.351 e. The Kier molecular flexibility index (Phi) is 3.06. The molecule has 0 saturated carbocycles. The molecule has 1 amide bonds. The summed E-state index contributed by atoms with van der Waals surface area (Å²) < 4.78 is 0. The third kappa shape index (κ3) is 1.99. The van der Waals surface area contributed by atoms with Crippen molar-refractivity contribution in [2.45, 2.75) is 6.92 Å².